The first kappa shape index (κ1) is 12.3. The molecular weight excluding hydrogens is 236 g/mol. The van der Waals surface area contributed by atoms with Crippen molar-refractivity contribution in [2.75, 3.05) is 0 Å². The molecule has 0 spiro atoms. The Hall–Kier alpha value is -1.74. The number of nitrogens with zero attached hydrogens (tertiary/aromatic N) is 2. The average molecular weight is 254 g/mol. The van der Waals surface area contributed by atoms with Gasteiger partial charge in [0.1, 0.15) is 0 Å². The Balaban J connectivity index is 1.64. The van der Waals surface area contributed by atoms with Gasteiger partial charge in [-0.2, -0.15) is 0 Å². The first-order chi connectivity index (χ1) is 9.34. The third kappa shape index (κ3) is 2.66. The lowest BCUT2D eigenvalue weighted by atomic mass is 9.94. The SMILES string of the molecule is OC(CCc1cccnc1)C1CCc2cccnc21. The van der Waals surface area contributed by atoms with Crippen molar-refractivity contribution in [2.45, 2.75) is 37.7 Å². The molecule has 0 saturated heterocycles. The summed E-state index contributed by atoms with van der Waals surface area (Å²) < 4.78 is 0. The second-order valence-corrected chi connectivity index (χ2v) is 5.16. The van der Waals surface area contributed by atoms with Crippen molar-refractivity contribution in [3.63, 3.8) is 0 Å². The van der Waals surface area contributed by atoms with Gasteiger partial charge in [0.25, 0.3) is 0 Å². The summed E-state index contributed by atoms with van der Waals surface area (Å²) in [7, 11) is 0. The highest BCUT2D eigenvalue weighted by Gasteiger charge is 2.29. The molecule has 1 aliphatic carbocycles. The Morgan fingerprint density at radius 3 is 3.00 bits per heavy atom. The Labute approximate surface area is 113 Å². The predicted molar refractivity (Wildman–Crippen MR) is 73.9 cm³/mol. The van der Waals surface area contributed by atoms with Crippen molar-refractivity contribution >= 4 is 0 Å². The molecule has 19 heavy (non-hydrogen) atoms. The van der Waals surface area contributed by atoms with Crippen LogP contribution < -0.4 is 0 Å². The Bertz CT molecular complexity index is 541. The smallest absolute Gasteiger partial charge is 0.0627 e. The van der Waals surface area contributed by atoms with Crippen molar-refractivity contribution in [3.8, 4) is 0 Å². The van der Waals surface area contributed by atoms with Crippen LogP contribution in [0.5, 0.6) is 0 Å². The highest BCUT2D eigenvalue weighted by atomic mass is 16.3. The molecule has 1 aliphatic rings. The highest BCUT2D eigenvalue weighted by Crippen LogP contribution is 2.34. The van der Waals surface area contributed by atoms with Crippen LogP contribution in [-0.2, 0) is 12.8 Å². The summed E-state index contributed by atoms with van der Waals surface area (Å²) in [6, 6.07) is 8.09. The molecule has 98 valence electrons. The number of fused-ring (bicyclic) bond motifs is 1. The van der Waals surface area contributed by atoms with E-state index in [-0.39, 0.29) is 12.0 Å². The molecule has 2 heterocycles. The summed E-state index contributed by atoms with van der Waals surface area (Å²) >= 11 is 0. The fraction of sp³-hybridized carbons (Fsp3) is 0.375. The van der Waals surface area contributed by atoms with E-state index in [1.807, 2.05) is 24.5 Å². The fourth-order valence-electron chi connectivity index (χ4n) is 2.88. The van der Waals surface area contributed by atoms with Crippen LogP contribution in [0.2, 0.25) is 0 Å². The maximum Gasteiger partial charge on any atom is 0.0627 e. The predicted octanol–water partition coefficient (Wildman–Crippen LogP) is 2.50. The molecule has 3 nitrogen and oxygen atoms in total. The molecule has 2 unspecified atom stereocenters. The Kier molecular flexibility index (Phi) is 3.56. The molecule has 0 bridgehead atoms. The zero-order valence-corrected chi connectivity index (χ0v) is 10.9. The second-order valence-electron chi connectivity index (χ2n) is 5.16. The number of aryl methyl sites for hydroxylation is 2. The van der Waals surface area contributed by atoms with E-state index in [1.54, 1.807) is 6.20 Å². The number of aliphatic hydroxyl groups is 1. The van der Waals surface area contributed by atoms with E-state index in [4.69, 9.17) is 0 Å². The minimum Gasteiger partial charge on any atom is -0.392 e. The molecule has 0 amide bonds. The molecule has 3 heteroatoms. The van der Waals surface area contributed by atoms with Crippen LogP contribution in [-0.4, -0.2) is 21.2 Å². The molecule has 0 radical (unpaired) electrons. The minimum absolute atomic E-state index is 0.202. The topological polar surface area (TPSA) is 46.0 Å². The van der Waals surface area contributed by atoms with Crippen LogP contribution in [0.25, 0.3) is 0 Å². The number of hydrogen-bond acceptors (Lipinski definition) is 3. The quantitative estimate of drug-likeness (QED) is 0.911. The summed E-state index contributed by atoms with van der Waals surface area (Å²) in [5.74, 6) is 0.202. The van der Waals surface area contributed by atoms with Gasteiger partial charge in [-0.15, -0.1) is 0 Å². The molecule has 1 N–H and O–H groups in total. The summed E-state index contributed by atoms with van der Waals surface area (Å²) in [5, 5.41) is 10.4. The molecule has 0 aromatic carbocycles. The van der Waals surface area contributed by atoms with Gasteiger partial charge in [0.2, 0.25) is 0 Å². The summed E-state index contributed by atoms with van der Waals surface area (Å²) in [5.41, 5.74) is 3.58. The number of pyridine rings is 2. The highest BCUT2D eigenvalue weighted by molar-refractivity contribution is 5.29. The first-order valence-electron chi connectivity index (χ1n) is 6.85. The molecule has 2 atom stereocenters. The number of rotatable bonds is 4. The maximum absolute atomic E-state index is 10.4. The lowest BCUT2D eigenvalue weighted by Crippen LogP contribution is -2.18. The van der Waals surface area contributed by atoms with Crippen LogP contribution in [0, 0.1) is 0 Å². The van der Waals surface area contributed by atoms with Gasteiger partial charge < -0.3 is 5.11 Å². The van der Waals surface area contributed by atoms with E-state index < -0.39 is 0 Å². The van der Waals surface area contributed by atoms with Crippen LogP contribution >= 0.6 is 0 Å². The lowest BCUT2D eigenvalue weighted by Gasteiger charge is -2.18. The zero-order chi connectivity index (χ0) is 13.1. The van der Waals surface area contributed by atoms with Gasteiger partial charge in [-0.25, -0.2) is 0 Å². The van der Waals surface area contributed by atoms with E-state index in [9.17, 15) is 5.11 Å². The standard InChI is InChI=1S/C16H18N2O/c19-15(8-5-12-3-1-9-17-11-12)14-7-6-13-4-2-10-18-16(13)14/h1-4,9-11,14-15,19H,5-8H2. The maximum atomic E-state index is 10.4. The summed E-state index contributed by atoms with van der Waals surface area (Å²) in [6.45, 7) is 0. The van der Waals surface area contributed by atoms with Gasteiger partial charge in [-0.1, -0.05) is 12.1 Å². The van der Waals surface area contributed by atoms with Gasteiger partial charge in [0.05, 0.1) is 6.10 Å². The zero-order valence-electron chi connectivity index (χ0n) is 10.9. The van der Waals surface area contributed by atoms with Crippen LogP contribution in [0.3, 0.4) is 0 Å². The first-order valence-corrected chi connectivity index (χ1v) is 6.85. The summed E-state index contributed by atoms with van der Waals surface area (Å²) in [6.07, 6.45) is 8.85. The Morgan fingerprint density at radius 1 is 1.26 bits per heavy atom. The van der Waals surface area contributed by atoms with Crippen molar-refractivity contribution in [3.05, 3.63) is 59.7 Å². The molecule has 0 saturated carbocycles. The van der Waals surface area contributed by atoms with E-state index in [0.717, 1.165) is 31.4 Å². The third-order valence-corrected chi connectivity index (χ3v) is 3.92. The van der Waals surface area contributed by atoms with Crippen molar-refractivity contribution in [1.29, 1.82) is 0 Å². The van der Waals surface area contributed by atoms with Crippen molar-refractivity contribution < 1.29 is 5.11 Å². The molecule has 2 aromatic rings. The van der Waals surface area contributed by atoms with E-state index in [1.165, 1.54) is 11.1 Å². The molecule has 3 rings (SSSR count). The van der Waals surface area contributed by atoms with E-state index in [2.05, 4.69) is 22.1 Å². The van der Waals surface area contributed by atoms with Gasteiger partial charge in [0, 0.05) is 30.2 Å². The monoisotopic (exact) mass is 254 g/mol. The van der Waals surface area contributed by atoms with Crippen molar-refractivity contribution in [1.82, 2.24) is 9.97 Å². The normalized spacial score (nSPS) is 19.1. The fourth-order valence-corrected chi connectivity index (χ4v) is 2.88. The van der Waals surface area contributed by atoms with Crippen LogP contribution in [0.4, 0.5) is 0 Å². The van der Waals surface area contributed by atoms with Crippen LogP contribution in [0.1, 0.15) is 35.6 Å². The number of aliphatic hydroxyl groups excluding tert-OH is 1. The van der Waals surface area contributed by atoms with Gasteiger partial charge in [0.15, 0.2) is 0 Å². The molecule has 0 fully saturated rings. The summed E-state index contributed by atoms with van der Waals surface area (Å²) in [4.78, 5) is 8.55. The minimum atomic E-state index is -0.309. The lowest BCUT2D eigenvalue weighted by molar-refractivity contribution is 0.132. The number of hydrogen-bond donors (Lipinski definition) is 1. The largest absolute Gasteiger partial charge is 0.392 e. The Morgan fingerprint density at radius 2 is 2.16 bits per heavy atom. The second kappa shape index (κ2) is 5.49. The van der Waals surface area contributed by atoms with Gasteiger partial charge in [-0.3, -0.25) is 9.97 Å². The molecule has 2 aromatic heterocycles. The van der Waals surface area contributed by atoms with Crippen molar-refractivity contribution in [2.24, 2.45) is 0 Å². The molecular formula is C16H18N2O. The van der Waals surface area contributed by atoms with Crippen LogP contribution in [0.15, 0.2) is 42.9 Å². The molecule has 0 aliphatic heterocycles. The third-order valence-electron chi connectivity index (χ3n) is 3.92. The number of aromatic nitrogens is 2. The van der Waals surface area contributed by atoms with E-state index in [0.29, 0.717) is 0 Å². The van der Waals surface area contributed by atoms with Gasteiger partial charge >= 0.3 is 0 Å². The van der Waals surface area contributed by atoms with Gasteiger partial charge in [-0.05, 0) is 48.9 Å². The average Bonchev–Trinajstić information content (AvgIpc) is 2.90. The van der Waals surface area contributed by atoms with E-state index >= 15 is 0 Å².